The van der Waals surface area contributed by atoms with Crippen LogP contribution >= 0.6 is 0 Å². The quantitative estimate of drug-likeness (QED) is 0.432. The predicted molar refractivity (Wildman–Crippen MR) is 44.0 cm³/mol. The van der Waals surface area contributed by atoms with Gasteiger partial charge in [0.05, 0.1) is 6.61 Å². The number of aliphatic hydroxyl groups excluding tert-OH is 2. The van der Waals surface area contributed by atoms with Crippen LogP contribution in [0, 0.1) is 0 Å². The molecule has 1 heterocycles. The molecule has 0 aliphatic heterocycles. The van der Waals surface area contributed by atoms with Gasteiger partial charge >= 0.3 is 0 Å². The zero-order valence-corrected chi connectivity index (χ0v) is 6.97. The Morgan fingerprint density at radius 2 is 2.21 bits per heavy atom. The monoisotopic (exact) mass is 200 g/mol. The first-order valence-corrected chi connectivity index (χ1v) is 3.67. The maximum atomic E-state index is 10.9. The smallest absolute Gasteiger partial charge is 0.293 e. The van der Waals surface area contributed by atoms with Crippen molar-refractivity contribution in [3.05, 3.63) is 21.9 Å². The van der Waals surface area contributed by atoms with E-state index in [0.29, 0.717) is 0 Å². The molecule has 7 nitrogen and oxygen atoms in total. The van der Waals surface area contributed by atoms with Crippen LogP contribution in [0.25, 0.3) is 0 Å². The van der Waals surface area contributed by atoms with Gasteiger partial charge in [-0.3, -0.25) is 9.59 Å². The number of aromatic hydroxyl groups is 1. The summed E-state index contributed by atoms with van der Waals surface area (Å²) in [5, 5.41) is 26.6. The van der Waals surface area contributed by atoms with Gasteiger partial charge in [0, 0.05) is 0 Å². The van der Waals surface area contributed by atoms with Crippen LogP contribution in [-0.2, 0) is 0 Å². The topological polar surface area (TPSA) is 124 Å². The van der Waals surface area contributed by atoms with E-state index in [1.54, 1.807) is 0 Å². The number of aromatic amines is 1. The number of hydrogen-bond donors (Lipinski definition) is 4. The number of nitrogens with zero attached hydrogens (tertiary/aromatic N) is 1. The van der Waals surface area contributed by atoms with Crippen molar-refractivity contribution in [2.45, 2.75) is 6.10 Å². The van der Waals surface area contributed by atoms with E-state index >= 15 is 0 Å². The minimum absolute atomic E-state index is 0.179. The van der Waals surface area contributed by atoms with Crippen molar-refractivity contribution < 1.29 is 20.1 Å². The average Bonchev–Trinajstić information content (AvgIpc) is 2.20. The van der Waals surface area contributed by atoms with Gasteiger partial charge in [-0.25, -0.2) is 4.98 Å². The van der Waals surface area contributed by atoms with Crippen molar-refractivity contribution in [1.82, 2.24) is 9.97 Å². The first-order chi connectivity index (χ1) is 6.60. The van der Waals surface area contributed by atoms with Crippen molar-refractivity contribution in [3.8, 4) is 5.75 Å². The number of hydrogen-bond acceptors (Lipinski definition) is 6. The Morgan fingerprint density at radius 3 is 2.71 bits per heavy atom. The second kappa shape index (κ2) is 3.99. The molecule has 1 aromatic rings. The molecule has 0 aliphatic carbocycles. The first kappa shape index (κ1) is 10.4. The number of H-pyrrole nitrogens is 1. The second-order valence-electron chi connectivity index (χ2n) is 2.50. The van der Waals surface area contributed by atoms with Gasteiger partial charge in [-0.2, -0.15) is 0 Å². The zero-order valence-electron chi connectivity index (χ0n) is 6.97. The third-order valence-corrected chi connectivity index (χ3v) is 1.54. The first-order valence-electron chi connectivity index (χ1n) is 3.67. The van der Waals surface area contributed by atoms with E-state index in [9.17, 15) is 9.59 Å². The molecule has 0 spiro atoms. The number of aliphatic hydroxyl groups is 2. The van der Waals surface area contributed by atoms with E-state index in [1.165, 1.54) is 0 Å². The Kier molecular flexibility index (Phi) is 2.95. The molecule has 0 saturated carbocycles. The van der Waals surface area contributed by atoms with Crippen LogP contribution in [0.1, 0.15) is 22.4 Å². The van der Waals surface area contributed by atoms with E-state index in [2.05, 4.69) is 4.98 Å². The van der Waals surface area contributed by atoms with E-state index in [1.807, 2.05) is 4.98 Å². The molecule has 0 radical (unpaired) electrons. The minimum atomic E-state index is -1.39. The summed E-state index contributed by atoms with van der Waals surface area (Å²) in [5.41, 5.74) is -1.42. The Bertz CT molecular complexity index is 400. The summed E-state index contributed by atoms with van der Waals surface area (Å²) in [6, 6.07) is 0. The molecule has 0 aromatic carbocycles. The molecule has 76 valence electrons. The summed E-state index contributed by atoms with van der Waals surface area (Å²) in [7, 11) is 0. The molecule has 14 heavy (non-hydrogen) atoms. The fraction of sp³-hybridized carbons (Fsp3) is 0.286. The minimum Gasteiger partial charge on any atom is -0.501 e. The fourth-order valence-corrected chi connectivity index (χ4v) is 0.829. The van der Waals surface area contributed by atoms with Crippen molar-refractivity contribution >= 4 is 6.29 Å². The Morgan fingerprint density at radius 1 is 1.57 bits per heavy atom. The van der Waals surface area contributed by atoms with Crippen molar-refractivity contribution in [2.75, 3.05) is 6.61 Å². The van der Waals surface area contributed by atoms with Crippen molar-refractivity contribution in [2.24, 2.45) is 0 Å². The average molecular weight is 200 g/mol. The standard InChI is InChI=1S/C7H8N2O5/c10-1-3-5(13)7(14)9-6(8-3)4(12)2-11/h1,4,11-13H,2H2,(H,8,9,14). The van der Waals surface area contributed by atoms with Crippen LogP contribution in [0.4, 0.5) is 0 Å². The van der Waals surface area contributed by atoms with Gasteiger partial charge in [0.2, 0.25) is 5.75 Å². The maximum absolute atomic E-state index is 10.9. The highest BCUT2D eigenvalue weighted by atomic mass is 16.3. The second-order valence-corrected chi connectivity index (χ2v) is 2.50. The van der Waals surface area contributed by atoms with Crippen LogP contribution in [0.5, 0.6) is 5.75 Å². The number of nitrogens with one attached hydrogen (secondary N) is 1. The normalized spacial score (nSPS) is 12.4. The third-order valence-electron chi connectivity index (χ3n) is 1.54. The van der Waals surface area contributed by atoms with Gasteiger partial charge in [-0.1, -0.05) is 0 Å². The highest BCUT2D eigenvalue weighted by molar-refractivity contribution is 5.75. The molecule has 0 fully saturated rings. The Balaban J connectivity index is 3.30. The lowest BCUT2D eigenvalue weighted by molar-refractivity contribution is 0.0877. The lowest BCUT2D eigenvalue weighted by Crippen LogP contribution is -2.18. The SMILES string of the molecule is O=Cc1nc(C(O)CO)[nH]c(=O)c1O. The lowest BCUT2D eigenvalue weighted by atomic mass is 10.3. The number of rotatable bonds is 3. The molecule has 0 aliphatic rings. The lowest BCUT2D eigenvalue weighted by Gasteiger charge is -2.06. The highest BCUT2D eigenvalue weighted by Gasteiger charge is 2.14. The van der Waals surface area contributed by atoms with Crippen LogP contribution < -0.4 is 5.56 Å². The summed E-state index contributed by atoms with van der Waals surface area (Å²) in [6.07, 6.45) is -1.21. The van der Waals surface area contributed by atoms with Crippen molar-refractivity contribution in [3.63, 3.8) is 0 Å². The Labute approximate surface area is 77.7 Å². The summed E-state index contributed by atoms with van der Waals surface area (Å²) in [6.45, 7) is -0.647. The molecule has 1 aromatic heterocycles. The predicted octanol–water partition coefficient (Wildman–Crippen LogP) is -1.69. The van der Waals surface area contributed by atoms with E-state index in [4.69, 9.17) is 15.3 Å². The third kappa shape index (κ3) is 1.78. The molecule has 0 bridgehead atoms. The number of carbonyl (C=O) groups is 1. The van der Waals surface area contributed by atoms with Crippen LogP contribution in [-0.4, -0.2) is 38.2 Å². The van der Waals surface area contributed by atoms with Gasteiger partial charge < -0.3 is 20.3 Å². The maximum Gasteiger partial charge on any atom is 0.293 e. The molecule has 0 amide bonds. The van der Waals surface area contributed by atoms with Gasteiger partial charge in [0.15, 0.2) is 12.0 Å². The molecule has 0 saturated heterocycles. The molecule has 1 rings (SSSR count). The van der Waals surface area contributed by atoms with Crippen LogP contribution in [0.15, 0.2) is 4.79 Å². The molecule has 1 unspecified atom stereocenters. The largest absolute Gasteiger partial charge is 0.501 e. The van der Waals surface area contributed by atoms with Gasteiger partial charge in [0.25, 0.3) is 5.56 Å². The summed E-state index contributed by atoms with van der Waals surface area (Å²) in [5.74, 6) is -1.08. The van der Waals surface area contributed by atoms with Gasteiger partial charge in [0.1, 0.15) is 11.9 Å². The molecule has 7 heteroatoms. The molecule has 4 N–H and O–H groups in total. The van der Waals surface area contributed by atoms with E-state index in [-0.39, 0.29) is 12.1 Å². The van der Waals surface area contributed by atoms with Crippen LogP contribution in [0.2, 0.25) is 0 Å². The number of aldehydes is 1. The molecular weight excluding hydrogens is 192 g/mol. The van der Waals surface area contributed by atoms with Gasteiger partial charge in [-0.15, -0.1) is 0 Å². The molecular formula is C7H8N2O5. The zero-order chi connectivity index (χ0) is 10.7. The van der Waals surface area contributed by atoms with E-state index in [0.717, 1.165) is 0 Å². The van der Waals surface area contributed by atoms with E-state index < -0.39 is 29.7 Å². The van der Waals surface area contributed by atoms with Crippen LogP contribution in [0.3, 0.4) is 0 Å². The summed E-state index contributed by atoms with van der Waals surface area (Å²) < 4.78 is 0. The number of carbonyl (C=O) groups excluding carboxylic acids is 1. The molecule has 1 atom stereocenters. The van der Waals surface area contributed by atoms with Gasteiger partial charge in [-0.05, 0) is 0 Å². The summed E-state index contributed by atoms with van der Waals surface area (Å²) >= 11 is 0. The van der Waals surface area contributed by atoms with Crippen molar-refractivity contribution in [1.29, 1.82) is 0 Å². The Hall–Kier alpha value is -1.73. The fourth-order valence-electron chi connectivity index (χ4n) is 0.829. The highest BCUT2D eigenvalue weighted by Crippen LogP contribution is 2.09. The summed E-state index contributed by atoms with van der Waals surface area (Å²) in [4.78, 5) is 26.7. The number of aromatic nitrogens is 2.